The first-order valence-corrected chi connectivity index (χ1v) is 15.5. The molecule has 240 valence electrons. The highest BCUT2D eigenvalue weighted by Gasteiger charge is 2.39. The molecule has 0 unspecified atom stereocenters. The van der Waals surface area contributed by atoms with Crippen molar-refractivity contribution in [1.82, 2.24) is 10.6 Å². The Labute approximate surface area is 264 Å². The van der Waals surface area contributed by atoms with Crippen LogP contribution in [0.15, 0.2) is 34.2 Å². The van der Waals surface area contributed by atoms with Crippen LogP contribution in [0, 0.1) is 37.5 Å². The molecule has 0 bridgehead atoms. The zero-order valence-corrected chi connectivity index (χ0v) is 27.0. The first kappa shape index (κ1) is 33.0. The molecule has 0 radical (unpaired) electrons. The van der Waals surface area contributed by atoms with Crippen molar-refractivity contribution in [3.05, 3.63) is 80.8 Å². The zero-order chi connectivity index (χ0) is 32.5. The number of nitrogens with zero attached hydrogens (tertiary/aromatic N) is 1. The van der Waals surface area contributed by atoms with Crippen molar-refractivity contribution in [3.8, 4) is 0 Å². The van der Waals surface area contributed by atoms with Crippen molar-refractivity contribution in [2.75, 3.05) is 0 Å². The summed E-state index contributed by atoms with van der Waals surface area (Å²) in [7, 11) is 0. The number of hydrogen-bond acceptors (Lipinski definition) is 6. The number of aromatic amines is 1. The van der Waals surface area contributed by atoms with E-state index < -0.39 is 11.9 Å². The van der Waals surface area contributed by atoms with Crippen LogP contribution < -0.4 is 15.6 Å². The molecule has 44 heavy (non-hydrogen) atoms. The summed E-state index contributed by atoms with van der Waals surface area (Å²) in [6.45, 7) is 11.5. The first-order chi connectivity index (χ1) is 20.7. The highest BCUT2D eigenvalue weighted by molar-refractivity contribution is 7.80. The summed E-state index contributed by atoms with van der Waals surface area (Å²) in [5.74, 6) is -1.40. The molecule has 11 heteroatoms. The van der Waals surface area contributed by atoms with E-state index in [4.69, 9.17) is 0 Å². The number of aromatic nitrogens is 1. The molecule has 5 atom stereocenters. The number of H-pyrrole nitrogens is 1. The number of amides is 2. The van der Waals surface area contributed by atoms with Crippen LogP contribution in [0.2, 0.25) is 0 Å². The lowest BCUT2D eigenvalue weighted by molar-refractivity contribution is -0.392. The van der Waals surface area contributed by atoms with Gasteiger partial charge in [0, 0.05) is 30.1 Å². The minimum Gasteiger partial charge on any atom is -0.713 e. The number of aliphatic carboxylic acids is 2. The third kappa shape index (κ3) is 6.77. The highest BCUT2D eigenvalue weighted by atomic mass is 32.1. The Bertz CT molecular complexity index is 1440. The van der Waals surface area contributed by atoms with Gasteiger partial charge in [-0.1, -0.05) is 65.6 Å². The third-order valence-electron chi connectivity index (χ3n) is 9.17. The largest absolute Gasteiger partial charge is 0.713 e. The summed E-state index contributed by atoms with van der Waals surface area (Å²) in [5, 5.41) is 29.8. The number of carboxylic acid groups (broad SMARTS) is 2. The molecule has 1 saturated heterocycles. The van der Waals surface area contributed by atoms with Gasteiger partial charge in [0.25, 0.3) is 0 Å². The molecule has 0 aromatic carbocycles. The molecule has 1 aromatic heterocycles. The van der Waals surface area contributed by atoms with Gasteiger partial charge in [-0.05, 0) is 23.9 Å². The van der Waals surface area contributed by atoms with E-state index in [9.17, 15) is 29.4 Å². The monoisotopic (exact) mass is 622 g/mol. The van der Waals surface area contributed by atoms with Crippen molar-refractivity contribution >= 4 is 36.4 Å². The van der Waals surface area contributed by atoms with E-state index >= 15 is 0 Å². The fraction of sp³-hybridized carbons (Fsp3) is 0.485. The minimum atomic E-state index is -0.912. The predicted molar refractivity (Wildman–Crippen MR) is 168 cm³/mol. The molecular formula is C33H42N4O6S-4. The minimum absolute atomic E-state index is 0.0177. The van der Waals surface area contributed by atoms with E-state index in [0.717, 1.165) is 45.3 Å². The Kier molecular flexibility index (Phi) is 10.1. The lowest BCUT2D eigenvalue weighted by atomic mass is 9.87. The average Bonchev–Trinajstić information content (AvgIpc) is 3.59. The maximum atomic E-state index is 12.5. The molecular weight excluding hydrogens is 580 g/mol. The van der Waals surface area contributed by atoms with Gasteiger partial charge in [0.2, 0.25) is 5.91 Å². The number of allylic oxidation sites excluding steroid dienone is 2. The van der Waals surface area contributed by atoms with E-state index in [-0.39, 0.29) is 60.2 Å². The van der Waals surface area contributed by atoms with E-state index in [1.807, 2.05) is 54.0 Å². The summed E-state index contributed by atoms with van der Waals surface area (Å²) in [5.41, 5.74) is 7.21. The Hall–Kier alpha value is -3.86. The van der Waals surface area contributed by atoms with Crippen LogP contribution in [0.1, 0.15) is 76.4 Å². The average molecular weight is 623 g/mol. The van der Waals surface area contributed by atoms with Gasteiger partial charge in [-0.25, -0.2) is 5.57 Å². The van der Waals surface area contributed by atoms with Gasteiger partial charge in [-0.3, -0.25) is 14.4 Å². The van der Waals surface area contributed by atoms with Crippen molar-refractivity contribution in [1.29, 1.82) is 0 Å². The molecule has 0 aliphatic carbocycles. The Balaban J connectivity index is 1.68. The molecule has 10 nitrogen and oxygen atoms in total. The van der Waals surface area contributed by atoms with Crippen molar-refractivity contribution in [2.45, 2.75) is 91.0 Å². The van der Waals surface area contributed by atoms with Crippen molar-refractivity contribution < 1.29 is 34.4 Å². The summed E-state index contributed by atoms with van der Waals surface area (Å²) >= 11 is 4.64. The predicted octanol–water partition coefficient (Wildman–Crippen LogP) is 3.73. The van der Waals surface area contributed by atoms with Crippen LogP contribution in [0.5, 0.6) is 0 Å². The SMILES string of the molecule is C[CH-]C1=C(C)[C@@H](C[c-]2[nH+]c([CH-]C3=C(CCC(=O)O)[C-](C)/C(=C\[C@@H]4NC(=O)[C@H](C)[C@H]4[C@H](C)S)N3)c(CCC(=O)O)c2C)[N-]C1=O. The number of rotatable bonds is 13. The summed E-state index contributed by atoms with van der Waals surface area (Å²) in [6, 6.07) is -0.551. The molecule has 0 spiro atoms. The van der Waals surface area contributed by atoms with Gasteiger partial charge in [0.1, 0.15) is 0 Å². The van der Waals surface area contributed by atoms with Gasteiger partial charge < -0.3 is 35.9 Å². The lowest BCUT2D eigenvalue weighted by Crippen LogP contribution is -2.32. The smallest absolute Gasteiger partial charge is 0.302 e. The number of hydrogen-bond donors (Lipinski definition) is 5. The van der Waals surface area contributed by atoms with E-state index in [2.05, 4.69) is 33.6 Å². The molecule has 1 fully saturated rings. The van der Waals surface area contributed by atoms with Crippen LogP contribution >= 0.6 is 12.6 Å². The molecule has 0 saturated carbocycles. The number of carboxylic acids is 2. The highest BCUT2D eigenvalue weighted by Crippen LogP contribution is 2.39. The van der Waals surface area contributed by atoms with Crippen molar-refractivity contribution in [3.63, 3.8) is 0 Å². The summed E-state index contributed by atoms with van der Waals surface area (Å²) in [4.78, 5) is 51.5. The number of carbonyl (C=O) groups is 4. The molecule has 1 aromatic rings. The van der Waals surface area contributed by atoms with Crippen LogP contribution in [0.3, 0.4) is 0 Å². The Morgan fingerprint density at radius 1 is 1.18 bits per heavy atom. The molecule has 2 amide bonds. The fourth-order valence-corrected chi connectivity index (χ4v) is 7.04. The topological polar surface area (TPSA) is 161 Å². The van der Waals surface area contributed by atoms with Gasteiger partial charge in [0.15, 0.2) is 0 Å². The van der Waals surface area contributed by atoms with Crippen LogP contribution in [-0.2, 0) is 32.0 Å². The second-order valence-electron chi connectivity index (χ2n) is 12.0. The van der Waals surface area contributed by atoms with Gasteiger partial charge in [0.05, 0.1) is 5.69 Å². The Morgan fingerprint density at radius 3 is 2.43 bits per heavy atom. The number of carbonyl (C=O) groups excluding carboxylic acids is 2. The van der Waals surface area contributed by atoms with Crippen LogP contribution in [-0.4, -0.2) is 51.3 Å². The second kappa shape index (κ2) is 13.4. The molecule has 3 aliphatic heterocycles. The molecule has 4 heterocycles. The van der Waals surface area contributed by atoms with Gasteiger partial charge in [-0.2, -0.15) is 54.3 Å². The van der Waals surface area contributed by atoms with Gasteiger partial charge in [-0.15, -0.1) is 11.6 Å². The summed E-state index contributed by atoms with van der Waals surface area (Å²) < 4.78 is 0. The summed E-state index contributed by atoms with van der Waals surface area (Å²) in [6.07, 6.45) is 6.60. The second-order valence-corrected chi connectivity index (χ2v) is 12.8. The number of nitrogens with one attached hydrogen (secondary N) is 3. The standard InChI is InChI=1S/C33H43N4O6S/c1-7-20-15(2)25(36-33(20)43)12-23-16(3)21(8-10-29(38)39)26(34-23)14-27-22(9-11-30(40)41)17(4)24(35-27)13-28-31(19(6)44)18(5)32(42)37-28/h7,13-14,18-19,25,28,31,34-35H,8-12H2,1-6H3,(H5,36,37,38,39,40,41,42,43,44)/q-3/p-1/b24-13+/t18-,19+,25-,28+,31+/m1/s1. The molecule has 4 rings (SSSR count). The molecule has 3 aliphatic rings. The lowest BCUT2D eigenvalue weighted by Gasteiger charge is -2.30. The van der Waals surface area contributed by atoms with E-state index in [0.29, 0.717) is 24.1 Å². The first-order valence-electron chi connectivity index (χ1n) is 15.0. The van der Waals surface area contributed by atoms with E-state index in [1.54, 1.807) is 6.42 Å². The molecule has 5 N–H and O–H groups in total. The quantitative estimate of drug-likeness (QED) is 0.165. The number of thiol groups is 1. The normalized spacial score (nSPS) is 25.0. The third-order valence-corrected chi connectivity index (χ3v) is 9.51. The zero-order valence-electron chi connectivity index (χ0n) is 26.1. The Morgan fingerprint density at radius 2 is 1.84 bits per heavy atom. The van der Waals surface area contributed by atoms with Gasteiger partial charge >= 0.3 is 11.9 Å². The van der Waals surface area contributed by atoms with E-state index in [1.165, 1.54) is 0 Å². The maximum absolute atomic E-state index is 12.5. The maximum Gasteiger partial charge on any atom is 0.302 e. The fourth-order valence-electron chi connectivity index (χ4n) is 6.59. The van der Waals surface area contributed by atoms with Crippen molar-refractivity contribution in [2.24, 2.45) is 11.8 Å². The van der Waals surface area contributed by atoms with Crippen LogP contribution in [0.4, 0.5) is 0 Å². The van der Waals surface area contributed by atoms with Crippen LogP contribution in [0.25, 0.3) is 5.32 Å².